The molecule has 3 aromatic carbocycles. The van der Waals surface area contributed by atoms with Crippen LogP contribution in [-0.4, -0.2) is 9.91 Å². The molecule has 1 heterocycles. The maximum Gasteiger partial charge on any atom is 0.328 e. The summed E-state index contributed by atoms with van der Waals surface area (Å²) in [6.45, 7) is 0.406. The molecule has 0 aliphatic carbocycles. The molecule has 0 saturated carbocycles. The number of nitrogens with zero attached hydrogens (tertiary/aromatic N) is 2. The zero-order valence-corrected chi connectivity index (χ0v) is 17.8. The molecule has 0 aliphatic rings. The van der Waals surface area contributed by atoms with Crippen molar-refractivity contribution in [3.63, 3.8) is 0 Å². The number of hydrogen-bond acceptors (Lipinski definition) is 6. The smallest absolute Gasteiger partial charge is 0.328 e. The van der Waals surface area contributed by atoms with Crippen molar-refractivity contribution in [2.45, 2.75) is 13.2 Å². The molecule has 7 nitrogen and oxygen atoms in total. The Labute approximate surface area is 193 Å². The van der Waals surface area contributed by atoms with E-state index in [1.165, 1.54) is 12.1 Å². The number of anilines is 2. The van der Waals surface area contributed by atoms with Gasteiger partial charge in [0.1, 0.15) is 30.4 Å². The van der Waals surface area contributed by atoms with Crippen molar-refractivity contribution >= 4 is 17.1 Å². The van der Waals surface area contributed by atoms with Crippen molar-refractivity contribution in [3.05, 3.63) is 118 Å². The molecular formula is C25H19F2N3O4. The van der Waals surface area contributed by atoms with Crippen LogP contribution in [0, 0.1) is 21.7 Å². The monoisotopic (exact) mass is 463 g/mol. The number of benzene rings is 3. The minimum atomic E-state index is -1.30. The molecule has 0 atom stereocenters. The number of nitro groups is 1. The fourth-order valence-electron chi connectivity index (χ4n) is 3.16. The van der Waals surface area contributed by atoms with Gasteiger partial charge in [-0.1, -0.05) is 60.7 Å². The first kappa shape index (κ1) is 22.7. The quantitative estimate of drug-likeness (QED) is 0.236. The van der Waals surface area contributed by atoms with Gasteiger partial charge in [0.05, 0.1) is 4.92 Å². The van der Waals surface area contributed by atoms with Gasteiger partial charge in [-0.05, 0) is 17.2 Å². The van der Waals surface area contributed by atoms with E-state index in [2.05, 4.69) is 10.3 Å². The molecule has 34 heavy (non-hydrogen) atoms. The van der Waals surface area contributed by atoms with Gasteiger partial charge in [-0.25, -0.2) is 4.39 Å². The zero-order chi connectivity index (χ0) is 23.9. The van der Waals surface area contributed by atoms with E-state index in [9.17, 15) is 18.9 Å². The van der Waals surface area contributed by atoms with Crippen LogP contribution in [-0.2, 0) is 13.2 Å². The lowest BCUT2D eigenvalue weighted by atomic mass is 10.2. The van der Waals surface area contributed by atoms with E-state index in [0.717, 1.165) is 17.2 Å². The summed E-state index contributed by atoms with van der Waals surface area (Å²) in [5.74, 6) is -1.96. The van der Waals surface area contributed by atoms with E-state index >= 15 is 0 Å². The Balaban J connectivity index is 1.63. The van der Waals surface area contributed by atoms with Gasteiger partial charge in [0, 0.05) is 18.2 Å². The first-order chi connectivity index (χ1) is 16.5. The third-order valence-electron chi connectivity index (χ3n) is 4.76. The summed E-state index contributed by atoms with van der Waals surface area (Å²) in [5.41, 5.74) is 0.709. The van der Waals surface area contributed by atoms with E-state index in [1.807, 2.05) is 60.7 Å². The van der Waals surface area contributed by atoms with Crippen molar-refractivity contribution < 1.29 is 23.2 Å². The highest BCUT2D eigenvalue weighted by atomic mass is 19.1. The number of nitrogens with one attached hydrogen (secondary N) is 1. The maximum atomic E-state index is 14.1. The Morgan fingerprint density at radius 3 is 2.06 bits per heavy atom. The lowest BCUT2D eigenvalue weighted by molar-refractivity contribution is -0.386. The molecule has 1 aromatic heterocycles. The first-order valence-corrected chi connectivity index (χ1v) is 10.2. The van der Waals surface area contributed by atoms with Crippen LogP contribution >= 0.6 is 0 Å². The summed E-state index contributed by atoms with van der Waals surface area (Å²) in [4.78, 5) is 14.8. The normalized spacial score (nSPS) is 10.5. The molecule has 0 fully saturated rings. The summed E-state index contributed by atoms with van der Waals surface area (Å²) in [5, 5.41) is 14.0. The van der Waals surface area contributed by atoms with Crippen LogP contribution in [0.5, 0.6) is 11.8 Å². The number of halogens is 2. The molecule has 0 amide bonds. The molecule has 172 valence electrons. The van der Waals surface area contributed by atoms with Crippen LogP contribution in [0.4, 0.5) is 25.8 Å². The molecule has 4 aromatic rings. The van der Waals surface area contributed by atoms with Crippen molar-refractivity contribution in [1.82, 2.24) is 4.98 Å². The minimum Gasteiger partial charge on any atom is -0.473 e. The second-order valence-corrected chi connectivity index (χ2v) is 7.22. The molecule has 4 rings (SSSR count). The third kappa shape index (κ3) is 5.63. The second kappa shape index (κ2) is 10.4. The lowest BCUT2D eigenvalue weighted by Gasteiger charge is -2.15. The molecular weight excluding hydrogens is 444 g/mol. The predicted molar refractivity (Wildman–Crippen MR) is 122 cm³/mol. The molecule has 0 unspecified atom stereocenters. The fourth-order valence-corrected chi connectivity index (χ4v) is 3.16. The number of pyridine rings is 1. The van der Waals surface area contributed by atoms with Gasteiger partial charge in [-0.15, -0.1) is 0 Å². The summed E-state index contributed by atoms with van der Waals surface area (Å²) in [6.07, 6.45) is 0. The van der Waals surface area contributed by atoms with E-state index in [-0.39, 0.29) is 36.3 Å². The van der Waals surface area contributed by atoms with Gasteiger partial charge in [0.15, 0.2) is 0 Å². The Hall–Kier alpha value is -4.53. The van der Waals surface area contributed by atoms with Crippen molar-refractivity contribution in [3.8, 4) is 11.8 Å². The number of rotatable bonds is 9. The summed E-state index contributed by atoms with van der Waals surface area (Å²) < 4.78 is 39.5. The average Bonchev–Trinajstić information content (AvgIpc) is 2.83. The highest BCUT2D eigenvalue weighted by Crippen LogP contribution is 2.35. The van der Waals surface area contributed by atoms with Gasteiger partial charge < -0.3 is 14.8 Å². The maximum absolute atomic E-state index is 14.1. The first-order valence-electron chi connectivity index (χ1n) is 10.2. The van der Waals surface area contributed by atoms with E-state index in [0.29, 0.717) is 6.07 Å². The summed E-state index contributed by atoms with van der Waals surface area (Å²) in [6, 6.07) is 23.1. The van der Waals surface area contributed by atoms with E-state index < -0.39 is 22.2 Å². The number of aromatic nitrogens is 1. The summed E-state index contributed by atoms with van der Waals surface area (Å²) >= 11 is 0. The predicted octanol–water partition coefficient (Wildman–Crippen LogP) is 6.17. The zero-order valence-electron chi connectivity index (χ0n) is 17.8. The van der Waals surface area contributed by atoms with Crippen LogP contribution in [0.2, 0.25) is 0 Å². The highest BCUT2D eigenvalue weighted by molar-refractivity contribution is 5.72. The van der Waals surface area contributed by atoms with E-state index in [1.54, 1.807) is 0 Å². The van der Waals surface area contributed by atoms with Crippen molar-refractivity contribution in [2.24, 2.45) is 0 Å². The topological polar surface area (TPSA) is 86.5 Å². The SMILES string of the molecule is O=[N+]([O-])c1c(F)cc(F)cc1Nc1ccc(OCc2ccccc2)nc1OCc1ccccc1. The van der Waals surface area contributed by atoms with Crippen LogP contribution < -0.4 is 14.8 Å². The molecule has 0 bridgehead atoms. The summed E-state index contributed by atoms with van der Waals surface area (Å²) in [7, 11) is 0. The average molecular weight is 463 g/mol. The molecule has 0 spiro atoms. The number of hydrogen-bond donors (Lipinski definition) is 1. The molecule has 9 heteroatoms. The largest absolute Gasteiger partial charge is 0.473 e. The Bertz CT molecular complexity index is 1290. The number of nitro benzene ring substituents is 1. The van der Waals surface area contributed by atoms with Crippen LogP contribution in [0.15, 0.2) is 84.9 Å². The Kier molecular flexibility index (Phi) is 6.92. The van der Waals surface area contributed by atoms with Gasteiger partial charge >= 0.3 is 5.69 Å². The molecule has 0 radical (unpaired) electrons. The third-order valence-corrected chi connectivity index (χ3v) is 4.76. The van der Waals surface area contributed by atoms with E-state index in [4.69, 9.17) is 9.47 Å². The fraction of sp³-hybridized carbons (Fsp3) is 0.0800. The van der Waals surface area contributed by atoms with Gasteiger partial charge in [-0.3, -0.25) is 10.1 Å². The number of ether oxygens (including phenoxy) is 2. The van der Waals surface area contributed by atoms with Gasteiger partial charge in [0.25, 0.3) is 0 Å². The molecule has 0 saturated heterocycles. The molecule has 0 aliphatic heterocycles. The van der Waals surface area contributed by atoms with Crippen LogP contribution in [0.3, 0.4) is 0 Å². The standard InChI is InChI=1S/C25H19F2N3O4/c26-19-13-20(27)24(30(31)32)22(14-19)28-21-11-12-23(33-15-17-7-3-1-4-8-17)29-25(21)34-16-18-9-5-2-6-10-18/h1-14,28H,15-16H2. The molecule has 1 N–H and O–H groups in total. The Morgan fingerprint density at radius 2 is 1.44 bits per heavy atom. The highest BCUT2D eigenvalue weighted by Gasteiger charge is 2.23. The lowest BCUT2D eigenvalue weighted by Crippen LogP contribution is -2.06. The van der Waals surface area contributed by atoms with Gasteiger partial charge in [-0.2, -0.15) is 9.37 Å². The minimum absolute atomic E-state index is 0.0494. The Morgan fingerprint density at radius 1 is 0.824 bits per heavy atom. The van der Waals surface area contributed by atoms with Crippen molar-refractivity contribution in [1.29, 1.82) is 0 Å². The second-order valence-electron chi connectivity index (χ2n) is 7.22. The van der Waals surface area contributed by atoms with Crippen LogP contribution in [0.1, 0.15) is 11.1 Å². The van der Waals surface area contributed by atoms with Gasteiger partial charge in [0.2, 0.25) is 17.6 Å². The van der Waals surface area contributed by atoms with Crippen molar-refractivity contribution in [2.75, 3.05) is 5.32 Å². The van der Waals surface area contributed by atoms with Crippen LogP contribution in [0.25, 0.3) is 0 Å².